The summed E-state index contributed by atoms with van der Waals surface area (Å²) in [4.78, 5) is 2.51. The zero-order valence-electron chi connectivity index (χ0n) is 25.1. The van der Waals surface area contributed by atoms with Crippen LogP contribution >= 0.6 is 11.3 Å². The maximum absolute atomic E-state index is 2.51. The van der Waals surface area contributed by atoms with Crippen molar-refractivity contribution in [3.8, 4) is 22.3 Å². The third-order valence-electron chi connectivity index (χ3n) is 9.00. The number of fused-ring (bicyclic) bond motifs is 6. The van der Waals surface area contributed by atoms with Gasteiger partial charge in [0.05, 0.1) is 16.1 Å². The van der Waals surface area contributed by atoms with E-state index in [9.17, 15) is 0 Å². The molecule has 1 nitrogen and oxygen atoms in total. The van der Waals surface area contributed by atoms with E-state index >= 15 is 0 Å². The molecule has 9 aromatic rings. The highest BCUT2D eigenvalue weighted by Crippen LogP contribution is 2.48. The van der Waals surface area contributed by atoms with Crippen LogP contribution in [0.1, 0.15) is 0 Å². The minimum absolute atomic E-state index is 1.13. The van der Waals surface area contributed by atoms with Gasteiger partial charge in [-0.25, -0.2) is 0 Å². The van der Waals surface area contributed by atoms with E-state index in [4.69, 9.17) is 0 Å². The van der Waals surface area contributed by atoms with E-state index in [-0.39, 0.29) is 0 Å². The fourth-order valence-electron chi connectivity index (χ4n) is 6.87. The first kappa shape index (κ1) is 26.7. The smallest absolute Gasteiger partial charge is 0.0640 e. The Morgan fingerprint density at radius 3 is 1.63 bits per heavy atom. The standard InChI is InChI=1S/C44H29NS/c1-3-14-30(15-4-1)33-26-34(31-16-5-2-6-17-31)28-35(27-33)45(41-24-13-23-40-39-22-11-12-25-43(39)46-44(40)41)42-29-32-18-7-8-19-36(32)37-20-9-10-21-38(37)42/h1-29H. The van der Waals surface area contributed by atoms with E-state index in [1.165, 1.54) is 75.3 Å². The minimum atomic E-state index is 1.13. The molecule has 0 fully saturated rings. The Morgan fingerprint density at radius 2 is 0.913 bits per heavy atom. The van der Waals surface area contributed by atoms with E-state index in [2.05, 4.69) is 181 Å². The SMILES string of the molecule is c1ccc(-c2cc(-c3ccccc3)cc(N(c3cc4ccccc4c4ccccc34)c3cccc4c3sc3ccccc34)c2)cc1. The molecule has 8 aromatic carbocycles. The molecule has 1 heterocycles. The zero-order chi connectivity index (χ0) is 30.5. The van der Waals surface area contributed by atoms with Crippen molar-refractivity contribution in [3.63, 3.8) is 0 Å². The molecule has 0 aliphatic rings. The van der Waals surface area contributed by atoms with Crippen molar-refractivity contribution in [2.24, 2.45) is 0 Å². The van der Waals surface area contributed by atoms with Crippen LogP contribution in [0.3, 0.4) is 0 Å². The zero-order valence-corrected chi connectivity index (χ0v) is 25.9. The van der Waals surface area contributed by atoms with Crippen LogP contribution in [-0.4, -0.2) is 0 Å². The van der Waals surface area contributed by atoms with Gasteiger partial charge in [-0.15, -0.1) is 11.3 Å². The lowest BCUT2D eigenvalue weighted by Crippen LogP contribution is -2.11. The van der Waals surface area contributed by atoms with Crippen molar-refractivity contribution in [3.05, 3.63) is 176 Å². The van der Waals surface area contributed by atoms with Crippen LogP contribution < -0.4 is 4.90 Å². The van der Waals surface area contributed by atoms with Crippen molar-refractivity contribution in [1.82, 2.24) is 0 Å². The van der Waals surface area contributed by atoms with E-state index in [0.29, 0.717) is 0 Å². The minimum Gasteiger partial charge on any atom is -0.308 e. The number of hydrogen-bond donors (Lipinski definition) is 0. The topological polar surface area (TPSA) is 3.24 Å². The Labute approximate surface area is 272 Å². The summed E-state index contributed by atoms with van der Waals surface area (Å²) in [6, 6.07) is 64.0. The van der Waals surface area contributed by atoms with Crippen LogP contribution in [0.15, 0.2) is 176 Å². The normalized spacial score (nSPS) is 11.5. The number of benzene rings is 8. The first-order valence-corrected chi connectivity index (χ1v) is 16.5. The molecule has 0 unspecified atom stereocenters. The number of nitrogens with zero attached hydrogens (tertiary/aromatic N) is 1. The lowest BCUT2D eigenvalue weighted by Gasteiger charge is -2.29. The molecule has 216 valence electrons. The van der Waals surface area contributed by atoms with Crippen molar-refractivity contribution < 1.29 is 0 Å². The van der Waals surface area contributed by atoms with Crippen LogP contribution in [0.2, 0.25) is 0 Å². The highest BCUT2D eigenvalue weighted by molar-refractivity contribution is 7.26. The molecule has 0 amide bonds. The van der Waals surface area contributed by atoms with Gasteiger partial charge >= 0.3 is 0 Å². The molecule has 0 radical (unpaired) electrons. The first-order chi connectivity index (χ1) is 22.8. The Bertz CT molecular complexity index is 2470. The highest BCUT2D eigenvalue weighted by atomic mass is 32.1. The molecule has 1 aromatic heterocycles. The van der Waals surface area contributed by atoms with Crippen LogP contribution in [0.4, 0.5) is 17.1 Å². The summed E-state index contributed by atoms with van der Waals surface area (Å²) < 4.78 is 2.59. The summed E-state index contributed by atoms with van der Waals surface area (Å²) in [5.74, 6) is 0. The van der Waals surface area contributed by atoms with E-state index in [0.717, 1.165) is 5.69 Å². The summed E-state index contributed by atoms with van der Waals surface area (Å²) in [6.07, 6.45) is 0. The van der Waals surface area contributed by atoms with Crippen LogP contribution in [0, 0.1) is 0 Å². The van der Waals surface area contributed by atoms with Crippen molar-refractivity contribution >= 4 is 70.1 Å². The second-order valence-electron chi connectivity index (χ2n) is 11.8. The second-order valence-corrected chi connectivity index (χ2v) is 12.8. The van der Waals surface area contributed by atoms with Gasteiger partial charge in [0, 0.05) is 26.5 Å². The molecule has 0 saturated heterocycles. The van der Waals surface area contributed by atoms with Gasteiger partial charge in [0.15, 0.2) is 0 Å². The lowest BCUT2D eigenvalue weighted by molar-refractivity contribution is 1.32. The summed E-state index contributed by atoms with van der Waals surface area (Å²) in [5.41, 5.74) is 8.26. The van der Waals surface area contributed by atoms with Gasteiger partial charge in [-0.1, -0.05) is 140 Å². The fraction of sp³-hybridized carbons (Fsp3) is 0. The van der Waals surface area contributed by atoms with Gasteiger partial charge in [-0.05, 0) is 74.8 Å². The fourth-order valence-corrected chi connectivity index (χ4v) is 8.08. The van der Waals surface area contributed by atoms with Crippen LogP contribution in [0.5, 0.6) is 0 Å². The summed E-state index contributed by atoms with van der Waals surface area (Å²) in [5, 5.41) is 7.57. The predicted molar refractivity (Wildman–Crippen MR) is 200 cm³/mol. The Kier molecular flexibility index (Phi) is 6.40. The van der Waals surface area contributed by atoms with Gasteiger partial charge in [0.2, 0.25) is 0 Å². The largest absolute Gasteiger partial charge is 0.308 e. The summed E-state index contributed by atoms with van der Waals surface area (Å²) >= 11 is 1.87. The van der Waals surface area contributed by atoms with Crippen molar-refractivity contribution in [2.45, 2.75) is 0 Å². The lowest BCUT2D eigenvalue weighted by atomic mass is 9.96. The molecule has 46 heavy (non-hydrogen) atoms. The van der Waals surface area contributed by atoms with Crippen LogP contribution in [-0.2, 0) is 0 Å². The molecule has 9 rings (SSSR count). The molecule has 0 atom stereocenters. The third-order valence-corrected chi connectivity index (χ3v) is 10.2. The maximum Gasteiger partial charge on any atom is 0.0640 e. The summed E-state index contributed by atoms with van der Waals surface area (Å²) in [7, 11) is 0. The first-order valence-electron chi connectivity index (χ1n) is 15.7. The Balaban J connectivity index is 1.41. The van der Waals surface area contributed by atoms with Gasteiger partial charge in [-0.2, -0.15) is 0 Å². The van der Waals surface area contributed by atoms with Crippen molar-refractivity contribution in [1.29, 1.82) is 0 Å². The maximum atomic E-state index is 2.51. The number of thiophene rings is 1. The van der Waals surface area contributed by atoms with E-state index in [1.807, 2.05) is 11.3 Å². The van der Waals surface area contributed by atoms with E-state index < -0.39 is 0 Å². The van der Waals surface area contributed by atoms with E-state index in [1.54, 1.807) is 0 Å². The number of hydrogen-bond acceptors (Lipinski definition) is 2. The van der Waals surface area contributed by atoms with Gasteiger partial charge in [0.1, 0.15) is 0 Å². The van der Waals surface area contributed by atoms with Gasteiger partial charge in [-0.3, -0.25) is 0 Å². The average Bonchev–Trinajstić information content (AvgIpc) is 3.52. The number of rotatable bonds is 5. The molecular weight excluding hydrogens is 575 g/mol. The average molecular weight is 604 g/mol. The number of anilines is 3. The molecule has 0 aliphatic carbocycles. The monoisotopic (exact) mass is 603 g/mol. The molecular formula is C44H29NS. The van der Waals surface area contributed by atoms with Crippen LogP contribution in [0.25, 0.3) is 64.0 Å². The second kappa shape index (κ2) is 11.0. The van der Waals surface area contributed by atoms with Crippen molar-refractivity contribution in [2.75, 3.05) is 4.90 Å². The molecule has 0 saturated carbocycles. The third kappa shape index (κ3) is 4.46. The van der Waals surface area contributed by atoms with Gasteiger partial charge < -0.3 is 4.90 Å². The molecule has 0 aliphatic heterocycles. The predicted octanol–water partition coefficient (Wildman–Crippen LogP) is 13.2. The Morgan fingerprint density at radius 1 is 0.348 bits per heavy atom. The molecule has 0 spiro atoms. The molecule has 2 heteroatoms. The Hall–Kier alpha value is -5.70. The summed E-state index contributed by atoms with van der Waals surface area (Å²) in [6.45, 7) is 0. The highest BCUT2D eigenvalue weighted by Gasteiger charge is 2.22. The molecule has 0 bridgehead atoms. The van der Waals surface area contributed by atoms with Gasteiger partial charge in [0.25, 0.3) is 0 Å². The quantitative estimate of drug-likeness (QED) is 0.177. The molecule has 0 N–H and O–H groups in total.